The van der Waals surface area contributed by atoms with E-state index in [0.29, 0.717) is 11.2 Å². The van der Waals surface area contributed by atoms with E-state index in [1.807, 2.05) is 0 Å². The minimum absolute atomic E-state index is 0.432. The minimum Gasteiger partial charge on any atom is -0.295 e. The lowest BCUT2D eigenvalue weighted by molar-refractivity contribution is -0.117. The molecule has 0 bridgehead atoms. The molecule has 3 fully saturated rings. The van der Waals surface area contributed by atoms with Crippen molar-refractivity contribution in [1.82, 2.24) is 0 Å². The number of carbonyl (C=O) groups excluding carboxylic acids is 1. The van der Waals surface area contributed by atoms with Crippen LogP contribution in [0, 0.1) is 35.0 Å². The second-order valence-electron chi connectivity index (χ2n) is 9.03. The van der Waals surface area contributed by atoms with E-state index < -0.39 is 0 Å². The Morgan fingerprint density at radius 1 is 1.13 bits per heavy atom. The van der Waals surface area contributed by atoms with Crippen LogP contribution < -0.4 is 0 Å². The Kier molecular flexibility index (Phi) is 3.63. The Bertz CT molecular complexity index is 595. The summed E-state index contributed by atoms with van der Waals surface area (Å²) in [6.45, 7) is 9.37. The Morgan fingerprint density at radius 3 is 2.65 bits per heavy atom. The van der Waals surface area contributed by atoms with Crippen molar-refractivity contribution in [3.8, 4) is 0 Å². The molecule has 4 aliphatic rings. The van der Waals surface area contributed by atoms with E-state index in [1.165, 1.54) is 32.1 Å². The molecule has 1 nitrogen and oxygen atoms in total. The summed E-state index contributed by atoms with van der Waals surface area (Å²) in [4.78, 5) is 12.1. The highest BCUT2D eigenvalue weighted by molar-refractivity contribution is 5.96. The van der Waals surface area contributed by atoms with Crippen molar-refractivity contribution in [2.45, 2.75) is 72.6 Å². The molecule has 3 saturated carbocycles. The van der Waals surface area contributed by atoms with Crippen molar-refractivity contribution in [1.29, 1.82) is 0 Å². The monoisotopic (exact) mass is 312 g/mol. The second kappa shape index (κ2) is 5.33. The summed E-state index contributed by atoms with van der Waals surface area (Å²) in [5, 5.41) is 0. The molecule has 0 N–H and O–H groups in total. The van der Waals surface area contributed by atoms with Crippen LogP contribution in [0.1, 0.15) is 72.6 Å². The fraction of sp³-hybridized carbons (Fsp3) is 0.773. The van der Waals surface area contributed by atoms with Crippen molar-refractivity contribution in [2.24, 2.45) is 35.0 Å². The first kappa shape index (κ1) is 15.7. The zero-order chi connectivity index (χ0) is 16.4. The van der Waals surface area contributed by atoms with Crippen LogP contribution in [0.3, 0.4) is 0 Å². The summed E-state index contributed by atoms with van der Waals surface area (Å²) in [6.07, 6.45) is 11.1. The summed E-state index contributed by atoms with van der Waals surface area (Å²) >= 11 is 0. The zero-order valence-corrected chi connectivity index (χ0v) is 15.3. The second-order valence-corrected chi connectivity index (χ2v) is 9.03. The number of hydrogen-bond acceptors (Lipinski definition) is 1. The smallest absolute Gasteiger partial charge is 0.158 e. The van der Waals surface area contributed by atoms with Crippen molar-refractivity contribution in [3.05, 3.63) is 22.8 Å². The van der Waals surface area contributed by atoms with Crippen LogP contribution in [0.25, 0.3) is 0 Å². The number of Topliss-reactive ketones (excluding diaryl/α,β-unsaturated/α-hetero) is 1. The number of rotatable bonds is 0. The molecule has 23 heavy (non-hydrogen) atoms. The predicted molar refractivity (Wildman–Crippen MR) is 95.0 cm³/mol. The average molecular weight is 312 g/mol. The molecule has 0 heterocycles. The first-order valence-electron chi connectivity index (χ1n) is 9.87. The highest BCUT2D eigenvalue weighted by Gasteiger charge is 2.56. The number of hydrogen-bond donors (Lipinski definition) is 0. The summed E-state index contributed by atoms with van der Waals surface area (Å²) in [6, 6.07) is 0. The molecule has 0 radical (unpaired) electrons. The average Bonchev–Trinajstić information content (AvgIpc) is 2.80. The normalized spacial score (nSPS) is 48.3. The third-order valence-corrected chi connectivity index (χ3v) is 8.28. The summed E-state index contributed by atoms with van der Waals surface area (Å²) in [7, 11) is 0. The number of allylic oxidation sites excluding steroid dienone is 3. The molecule has 0 aliphatic heterocycles. The maximum Gasteiger partial charge on any atom is 0.158 e. The van der Waals surface area contributed by atoms with E-state index in [9.17, 15) is 4.79 Å². The molecule has 4 rings (SSSR count). The van der Waals surface area contributed by atoms with E-state index in [0.717, 1.165) is 48.0 Å². The Morgan fingerprint density at radius 2 is 1.91 bits per heavy atom. The Hall–Kier alpha value is -0.850. The SMILES string of the molecule is C/C=C1\C(C)CC2C3CCC4=C(C)C(=O)CCC4C3CCC12C. The van der Waals surface area contributed by atoms with Gasteiger partial charge in [-0.3, -0.25) is 4.79 Å². The lowest BCUT2D eigenvalue weighted by atomic mass is 9.51. The number of carbonyl (C=O) groups is 1. The molecule has 0 aromatic carbocycles. The van der Waals surface area contributed by atoms with Gasteiger partial charge in [-0.1, -0.05) is 31.1 Å². The molecule has 0 saturated heterocycles. The van der Waals surface area contributed by atoms with E-state index in [-0.39, 0.29) is 0 Å². The van der Waals surface area contributed by atoms with Gasteiger partial charge in [0.25, 0.3) is 0 Å². The van der Waals surface area contributed by atoms with Crippen molar-refractivity contribution in [2.75, 3.05) is 0 Å². The molecule has 6 atom stereocenters. The summed E-state index contributed by atoms with van der Waals surface area (Å²) in [5.74, 6) is 4.61. The van der Waals surface area contributed by atoms with Gasteiger partial charge in [-0.2, -0.15) is 0 Å². The molecule has 0 aromatic rings. The van der Waals surface area contributed by atoms with Gasteiger partial charge < -0.3 is 0 Å². The summed E-state index contributed by atoms with van der Waals surface area (Å²) in [5.41, 5.74) is 4.92. The molecular formula is C22H32O. The molecule has 0 spiro atoms. The molecule has 0 amide bonds. The molecule has 6 unspecified atom stereocenters. The fourth-order valence-corrected chi connectivity index (χ4v) is 7.30. The number of ketones is 1. The van der Waals surface area contributed by atoms with Crippen LogP contribution in [-0.4, -0.2) is 5.78 Å². The largest absolute Gasteiger partial charge is 0.295 e. The van der Waals surface area contributed by atoms with Gasteiger partial charge in [0, 0.05) is 6.42 Å². The lowest BCUT2D eigenvalue weighted by Gasteiger charge is -2.53. The number of fused-ring (bicyclic) bond motifs is 5. The first-order valence-corrected chi connectivity index (χ1v) is 9.87. The predicted octanol–water partition coefficient (Wildman–Crippen LogP) is 5.71. The zero-order valence-electron chi connectivity index (χ0n) is 15.3. The van der Waals surface area contributed by atoms with Crippen molar-refractivity contribution in [3.63, 3.8) is 0 Å². The lowest BCUT2D eigenvalue weighted by Crippen LogP contribution is -2.45. The maximum absolute atomic E-state index is 12.1. The highest BCUT2D eigenvalue weighted by Crippen LogP contribution is 2.65. The van der Waals surface area contributed by atoms with Crippen LogP contribution in [0.2, 0.25) is 0 Å². The van der Waals surface area contributed by atoms with Gasteiger partial charge in [-0.15, -0.1) is 0 Å². The molecule has 4 aliphatic carbocycles. The quantitative estimate of drug-likeness (QED) is 0.523. The van der Waals surface area contributed by atoms with E-state index in [1.54, 1.807) is 11.1 Å². The summed E-state index contributed by atoms with van der Waals surface area (Å²) < 4.78 is 0. The molecule has 0 aromatic heterocycles. The maximum atomic E-state index is 12.1. The minimum atomic E-state index is 0.432. The van der Waals surface area contributed by atoms with Gasteiger partial charge in [-0.05, 0) is 93.0 Å². The van der Waals surface area contributed by atoms with Gasteiger partial charge in [0.2, 0.25) is 0 Å². The molecule has 126 valence electrons. The fourth-order valence-electron chi connectivity index (χ4n) is 7.30. The van der Waals surface area contributed by atoms with E-state index in [4.69, 9.17) is 0 Å². The standard InChI is InChI=1S/C22H32O/c1-5-19-13(2)12-20-18-7-6-15-14(3)21(23)9-8-16(15)17(18)10-11-22(19,20)4/h5,13,16-18,20H,6-12H2,1-4H3/b19-5+. The van der Waals surface area contributed by atoms with Crippen molar-refractivity contribution >= 4 is 5.78 Å². The van der Waals surface area contributed by atoms with Crippen LogP contribution in [0.5, 0.6) is 0 Å². The first-order chi connectivity index (χ1) is 11.0. The molecule has 1 heteroatoms. The van der Waals surface area contributed by atoms with Crippen LogP contribution in [-0.2, 0) is 4.79 Å². The van der Waals surface area contributed by atoms with Gasteiger partial charge in [0.15, 0.2) is 5.78 Å². The van der Waals surface area contributed by atoms with Crippen LogP contribution in [0.15, 0.2) is 22.8 Å². The third kappa shape index (κ3) is 2.07. The third-order valence-electron chi connectivity index (χ3n) is 8.28. The Balaban J connectivity index is 1.68. The van der Waals surface area contributed by atoms with Gasteiger partial charge in [0.1, 0.15) is 0 Å². The van der Waals surface area contributed by atoms with E-state index >= 15 is 0 Å². The van der Waals surface area contributed by atoms with Gasteiger partial charge in [0.05, 0.1) is 0 Å². The topological polar surface area (TPSA) is 17.1 Å². The van der Waals surface area contributed by atoms with Crippen LogP contribution >= 0.6 is 0 Å². The highest BCUT2D eigenvalue weighted by atomic mass is 16.1. The Labute approximate surface area is 141 Å². The van der Waals surface area contributed by atoms with Crippen LogP contribution in [0.4, 0.5) is 0 Å². The van der Waals surface area contributed by atoms with Gasteiger partial charge >= 0.3 is 0 Å². The van der Waals surface area contributed by atoms with E-state index in [2.05, 4.69) is 33.8 Å². The van der Waals surface area contributed by atoms with Gasteiger partial charge in [-0.25, -0.2) is 0 Å². The molecular weight excluding hydrogens is 280 g/mol. The van der Waals surface area contributed by atoms with Crippen molar-refractivity contribution < 1.29 is 4.79 Å².